The van der Waals surface area contributed by atoms with Crippen molar-refractivity contribution < 1.29 is 14.2 Å². The molecule has 3 rings (SSSR count). The molecule has 25 heavy (non-hydrogen) atoms. The fourth-order valence-electron chi connectivity index (χ4n) is 2.28. The van der Waals surface area contributed by atoms with Gasteiger partial charge in [0.25, 0.3) is 0 Å². The number of nitrogens with one attached hydrogen (secondary N) is 1. The highest BCUT2D eigenvalue weighted by Crippen LogP contribution is 2.19. The van der Waals surface area contributed by atoms with Crippen LogP contribution in [0.1, 0.15) is 11.4 Å². The predicted molar refractivity (Wildman–Crippen MR) is 93.5 cm³/mol. The predicted octanol–water partition coefficient (Wildman–Crippen LogP) is 3.32. The van der Waals surface area contributed by atoms with E-state index in [1.165, 1.54) is 12.1 Å². The molecule has 0 aliphatic heterocycles. The molecule has 2 aromatic carbocycles. The van der Waals surface area contributed by atoms with E-state index >= 15 is 0 Å². The molecule has 0 aliphatic carbocycles. The molecule has 0 spiro atoms. The summed E-state index contributed by atoms with van der Waals surface area (Å²) < 4.78 is 18.3. The van der Waals surface area contributed by atoms with Gasteiger partial charge in [-0.15, -0.1) is 0 Å². The summed E-state index contributed by atoms with van der Waals surface area (Å²) in [6.45, 7) is 0.253. The SMILES string of the molecule is OCCOc1ccc(Nc2ccnc(Cc3ccc(F)cc3)n2)cc1. The first-order chi connectivity index (χ1) is 12.2. The average Bonchev–Trinajstić information content (AvgIpc) is 2.63. The number of rotatable bonds is 7. The minimum Gasteiger partial charge on any atom is -0.491 e. The van der Waals surface area contributed by atoms with Gasteiger partial charge in [-0.3, -0.25) is 0 Å². The van der Waals surface area contributed by atoms with E-state index < -0.39 is 0 Å². The van der Waals surface area contributed by atoms with Gasteiger partial charge in [-0.25, -0.2) is 14.4 Å². The number of aromatic nitrogens is 2. The number of anilines is 2. The molecular formula is C19H18FN3O2. The van der Waals surface area contributed by atoms with E-state index in [1.54, 1.807) is 24.4 Å². The van der Waals surface area contributed by atoms with Gasteiger partial charge < -0.3 is 15.2 Å². The van der Waals surface area contributed by atoms with E-state index in [9.17, 15) is 4.39 Å². The highest BCUT2D eigenvalue weighted by Gasteiger charge is 2.03. The van der Waals surface area contributed by atoms with Crippen LogP contribution in [0.2, 0.25) is 0 Å². The molecule has 0 saturated heterocycles. The number of benzene rings is 2. The van der Waals surface area contributed by atoms with Gasteiger partial charge in [0.15, 0.2) is 0 Å². The normalized spacial score (nSPS) is 10.5. The molecule has 0 fully saturated rings. The first-order valence-electron chi connectivity index (χ1n) is 7.90. The molecule has 2 N–H and O–H groups in total. The molecule has 0 aliphatic rings. The summed E-state index contributed by atoms with van der Waals surface area (Å²) in [6, 6.07) is 15.5. The van der Waals surface area contributed by atoms with Crippen molar-refractivity contribution in [2.75, 3.05) is 18.5 Å². The Morgan fingerprint density at radius 2 is 1.76 bits per heavy atom. The van der Waals surface area contributed by atoms with E-state index in [0.717, 1.165) is 11.3 Å². The molecule has 128 valence electrons. The lowest BCUT2D eigenvalue weighted by atomic mass is 10.1. The average molecular weight is 339 g/mol. The van der Waals surface area contributed by atoms with Crippen LogP contribution in [0.15, 0.2) is 60.8 Å². The fraction of sp³-hybridized carbons (Fsp3) is 0.158. The van der Waals surface area contributed by atoms with Crippen molar-refractivity contribution in [3.63, 3.8) is 0 Å². The number of halogens is 1. The maximum absolute atomic E-state index is 13.0. The Bertz CT molecular complexity index is 808. The molecule has 0 atom stereocenters. The van der Waals surface area contributed by atoms with Crippen molar-refractivity contribution in [3.8, 4) is 5.75 Å². The summed E-state index contributed by atoms with van der Waals surface area (Å²) in [7, 11) is 0. The molecule has 5 nitrogen and oxygen atoms in total. The minimum absolute atomic E-state index is 0.0161. The first kappa shape index (κ1) is 16.9. The van der Waals surface area contributed by atoms with Gasteiger partial charge in [-0.2, -0.15) is 0 Å². The summed E-state index contributed by atoms with van der Waals surface area (Å²) in [5.74, 6) is 1.77. The van der Waals surface area contributed by atoms with E-state index in [-0.39, 0.29) is 19.0 Å². The largest absolute Gasteiger partial charge is 0.491 e. The molecule has 3 aromatic rings. The highest BCUT2D eigenvalue weighted by molar-refractivity contribution is 5.56. The highest BCUT2D eigenvalue weighted by atomic mass is 19.1. The Morgan fingerprint density at radius 3 is 2.48 bits per heavy atom. The van der Waals surface area contributed by atoms with Gasteiger partial charge in [-0.05, 0) is 48.0 Å². The van der Waals surface area contributed by atoms with Crippen LogP contribution in [-0.4, -0.2) is 28.3 Å². The second kappa shape index (κ2) is 8.21. The van der Waals surface area contributed by atoms with Gasteiger partial charge in [0.1, 0.15) is 29.8 Å². The van der Waals surface area contributed by atoms with Crippen molar-refractivity contribution in [1.29, 1.82) is 0 Å². The molecule has 0 unspecified atom stereocenters. The third-order valence-electron chi connectivity index (χ3n) is 3.47. The Kier molecular flexibility index (Phi) is 5.53. The van der Waals surface area contributed by atoms with Gasteiger partial charge in [0.2, 0.25) is 0 Å². The maximum atomic E-state index is 13.0. The van der Waals surface area contributed by atoms with Crippen LogP contribution in [0, 0.1) is 5.82 Å². The first-order valence-corrected chi connectivity index (χ1v) is 7.90. The number of hydrogen-bond acceptors (Lipinski definition) is 5. The Hall–Kier alpha value is -2.99. The third kappa shape index (κ3) is 4.99. The number of aliphatic hydroxyl groups is 1. The van der Waals surface area contributed by atoms with Crippen LogP contribution >= 0.6 is 0 Å². The Morgan fingerprint density at radius 1 is 1.00 bits per heavy atom. The van der Waals surface area contributed by atoms with Gasteiger partial charge in [0.05, 0.1) is 6.61 Å². The summed E-state index contributed by atoms with van der Waals surface area (Å²) in [4.78, 5) is 8.74. The van der Waals surface area contributed by atoms with E-state index in [0.29, 0.717) is 23.8 Å². The second-order valence-electron chi connectivity index (χ2n) is 5.38. The van der Waals surface area contributed by atoms with Crippen LogP contribution in [0.3, 0.4) is 0 Å². The zero-order chi connectivity index (χ0) is 17.5. The van der Waals surface area contributed by atoms with Crippen LogP contribution in [0.25, 0.3) is 0 Å². The number of ether oxygens (including phenoxy) is 1. The van der Waals surface area contributed by atoms with E-state index in [2.05, 4.69) is 15.3 Å². The number of aliphatic hydroxyl groups excluding tert-OH is 1. The lowest BCUT2D eigenvalue weighted by Gasteiger charge is -2.09. The standard InChI is InChI=1S/C19H18FN3O2/c20-15-3-1-14(2-4-15)13-19-21-10-9-18(23-19)22-16-5-7-17(8-6-16)25-12-11-24/h1-10,24H,11-13H2,(H,21,22,23). The van der Waals surface area contributed by atoms with E-state index in [1.807, 2.05) is 24.3 Å². The van der Waals surface area contributed by atoms with Crippen LogP contribution in [0.4, 0.5) is 15.9 Å². The van der Waals surface area contributed by atoms with Crippen LogP contribution in [0.5, 0.6) is 5.75 Å². The Labute approximate surface area is 145 Å². The molecule has 1 aromatic heterocycles. The monoisotopic (exact) mass is 339 g/mol. The molecule has 6 heteroatoms. The molecule has 0 amide bonds. The van der Waals surface area contributed by atoms with Crippen molar-refractivity contribution in [2.45, 2.75) is 6.42 Å². The summed E-state index contributed by atoms with van der Waals surface area (Å²) in [5, 5.41) is 12.0. The molecule has 0 saturated carbocycles. The van der Waals surface area contributed by atoms with E-state index in [4.69, 9.17) is 9.84 Å². The van der Waals surface area contributed by atoms with Crippen molar-refractivity contribution in [3.05, 3.63) is 78.0 Å². The van der Waals surface area contributed by atoms with Crippen molar-refractivity contribution in [2.24, 2.45) is 0 Å². The molecule has 0 bridgehead atoms. The molecule has 0 radical (unpaired) electrons. The maximum Gasteiger partial charge on any atom is 0.135 e. The Balaban J connectivity index is 1.66. The van der Waals surface area contributed by atoms with Crippen molar-refractivity contribution >= 4 is 11.5 Å². The second-order valence-corrected chi connectivity index (χ2v) is 5.38. The quantitative estimate of drug-likeness (QED) is 0.691. The number of hydrogen-bond donors (Lipinski definition) is 2. The smallest absolute Gasteiger partial charge is 0.135 e. The lowest BCUT2D eigenvalue weighted by molar-refractivity contribution is 0.201. The van der Waals surface area contributed by atoms with Crippen LogP contribution in [-0.2, 0) is 6.42 Å². The summed E-state index contributed by atoms with van der Waals surface area (Å²) >= 11 is 0. The van der Waals surface area contributed by atoms with Crippen molar-refractivity contribution in [1.82, 2.24) is 9.97 Å². The minimum atomic E-state index is -0.258. The summed E-state index contributed by atoms with van der Waals surface area (Å²) in [6.07, 6.45) is 2.22. The van der Waals surface area contributed by atoms with Gasteiger partial charge >= 0.3 is 0 Å². The topological polar surface area (TPSA) is 67.3 Å². The summed E-state index contributed by atoms with van der Waals surface area (Å²) in [5.41, 5.74) is 1.81. The van der Waals surface area contributed by atoms with Gasteiger partial charge in [0, 0.05) is 18.3 Å². The lowest BCUT2D eigenvalue weighted by Crippen LogP contribution is -2.02. The fourth-order valence-corrected chi connectivity index (χ4v) is 2.28. The molecule has 1 heterocycles. The van der Waals surface area contributed by atoms with Gasteiger partial charge in [-0.1, -0.05) is 12.1 Å². The number of nitrogens with zero attached hydrogens (tertiary/aromatic N) is 2. The van der Waals surface area contributed by atoms with Crippen LogP contribution < -0.4 is 10.1 Å². The zero-order valence-electron chi connectivity index (χ0n) is 13.5. The third-order valence-corrected chi connectivity index (χ3v) is 3.47. The molecular weight excluding hydrogens is 321 g/mol. The zero-order valence-corrected chi connectivity index (χ0v) is 13.5.